The quantitative estimate of drug-likeness (QED) is 0.662. The average molecular weight is 419 g/mol. The molecule has 1 N–H and O–H groups in total. The minimum Gasteiger partial charge on any atom is -0.378 e. The maximum absolute atomic E-state index is 12.9. The lowest BCUT2D eigenvalue weighted by Gasteiger charge is -2.28. The normalized spacial score (nSPS) is 16.4. The number of rotatable bonds is 6. The van der Waals surface area contributed by atoms with Crippen LogP contribution < -0.4 is 10.2 Å². The molecule has 0 radical (unpaired) electrons. The maximum Gasteiger partial charge on any atom is 0.274 e. The molecule has 2 aliphatic rings. The molecule has 0 aromatic carbocycles. The number of aryl methyl sites for hydroxylation is 1. The van der Waals surface area contributed by atoms with Crippen LogP contribution in [0.3, 0.4) is 0 Å². The average Bonchev–Trinajstić information content (AvgIpc) is 3.50. The number of amides is 1. The standard InChI is InChI=1S/C23H26N6O2/c1-16-12-24-22(28-7-9-31-10-8-28)11-21(16)27-23(30)20-4-2-3-19(26-20)18-13-25-29(15-18)14-17-5-6-17/h2-4,11-13,15,17H,5-10,14H2,1H3,(H,24,27,30). The molecule has 8 nitrogen and oxygen atoms in total. The van der Waals surface area contributed by atoms with E-state index in [4.69, 9.17) is 4.74 Å². The van der Waals surface area contributed by atoms with E-state index in [0.717, 1.165) is 53.9 Å². The molecule has 1 amide bonds. The van der Waals surface area contributed by atoms with Crippen molar-refractivity contribution in [2.45, 2.75) is 26.3 Å². The van der Waals surface area contributed by atoms with Crippen molar-refractivity contribution in [1.29, 1.82) is 0 Å². The fourth-order valence-electron chi connectivity index (χ4n) is 3.68. The fourth-order valence-corrected chi connectivity index (χ4v) is 3.68. The van der Waals surface area contributed by atoms with E-state index in [-0.39, 0.29) is 5.91 Å². The summed E-state index contributed by atoms with van der Waals surface area (Å²) < 4.78 is 7.38. The van der Waals surface area contributed by atoms with Crippen LogP contribution in [0.25, 0.3) is 11.3 Å². The Morgan fingerprint density at radius 2 is 2.06 bits per heavy atom. The summed E-state index contributed by atoms with van der Waals surface area (Å²) in [4.78, 5) is 24.2. The maximum atomic E-state index is 12.9. The third kappa shape index (κ3) is 4.59. The van der Waals surface area contributed by atoms with Crippen LogP contribution in [-0.2, 0) is 11.3 Å². The molecule has 5 rings (SSSR count). The first-order valence-electron chi connectivity index (χ1n) is 10.8. The van der Waals surface area contributed by atoms with E-state index in [0.29, 0.717) is 18.9 Å². The summed E-state index contributed by atoms with van der Waals surface area (Å²) in [6, 6.07) is 7.41. The van der Waals surface area contributed by atoms with Gasteiger partial charge >= 0.3 is 0 Å². The second-order valence-electron chi connectivity index (χ2n) is 8.21. The van der Waals surface area contributed by atoms with Gasteiger partial charge in [0.2, 0.25) is 0 Å². The Balaban J connectivity index is 1.32. The third-order valence-electron chi connectivity index (χ3n) is 5.72. The molecule has 3 aromatic rings. The predicted molar refractivity (Wildman–Crippen MR) is 118 cm³/mol. The lowest BCUT2D eigenvalue weighted by atomic mass is 10.2. The highest BCUT2D eigenvalue weighted by molar-refractivity contribution is 6.03. The van der Waals surface area contributed by atoms with Crippen LogP contribution in [0.1, 0.15) is 28.9 Å². The van der Waals surface area contributed by atoms with Gasteiger partial charge < -0.3 is 15.0 Å². The number of carbonyl (C=O) groups is 1. The Hall–Kier alpha value is -3.26. The summed E-state index contributed by atoms with van der Waals surface area (Å²) >= 11 is 0. The molecule has 1 aliphatic carbocycles. The zero-order valence-corrected chi connectivity index (χ0v) is 17.6. The number of nitrogens with one attached hydrogen (secondary N) is 1. The Bertz CT molecular complexity index is 1090. The van der Waals surface area contributed by atoms with Crippen molar-refractivity contribution in [1.82, 2.24) is 19.7 Å². The topological polar surface area (TPSA) is 85.2 Å². The first kappa shape index (κ1) is 19.7. The molecule has 3 aromatic heterocycles. The predicted octanol–water partition coefficient (Wildman–Crippen LogP) is 3.15. The fraction of sp³-hybridized carbons (Fsp3) is 0.391. The summed E-state index contributed by atoms with van der Waals surface area (Å²) in [5.74, 6) is 1.35. The van der Waals surface area contributed by atoms with Gasteiger partial charge in [-0.25, -0.2) is 9.97 Å². The highest BCUT2D eigenvalue weighted by Gasteiger charge is 2.22. The third-order valence-corrected chi connectivity index (χ3v) is 5.72. The summed E-state index contributed by atoms with van der Waals surface area (Å²) in [5, 5.41) is 7.44. The molecule has 0 bridgehead atoms. The van der Waals surface area contributed by atoms with Crippen molar-refractivity contribution in [3.8, 4) is 11.3 Å². The molecule has 0 spiro atoms. The van der Waals surface area contributed by atoms with Crippen LogP contribution in [0, 0.1) is 12.8 Å². The van der Waals surface area contributed by atoms with Crippen molar-refractivity contribution in [2.75, 3.05) is 36.5 Å². The zero-order chi connectivity index (χ0) is 21.2. The lowest BCUT2D eigenvalue weighted by molar-refractivity contribution is 0.102. The molecule has 1 aliphatic heterocycles. The van der Waals surface area contributed by atoms with Gasteiger partial charge in [-0.1, -0.05) is 6.07 Å². The van der Waals surface area contributed by atoms with Crippen LogP contribution in [0.15, 0.2) is 42.9 Å². The summed E-state index contributed by atoms with van der Waals surface area (Å²) in [5.41, 5.74) is 3.69. The van der Waals surface area contributed by atoms with Crippen LogP contribution >= 0.6 is 0 Å². The number of anilines is 2. The smallest absolute Gasteiger partial charge is 0.274 e. The second-order valence-corrected chi connectivity index (χ2v) is 8.21. The number of hydrogen-bond acceptors (Lipinski definition) is 6. The van der Waals surface area contributed by atoms with Crippen LogP contribution in [-0.4, -0.2) is 52.0 Å². The van der Waals surface area contributed by atoms with E-state index in [9.17, 15) is 4.79 Å². The number of nitrogens with zero attached hydrogens (tertiary/aromatic N) is 5. The van der Waals surface area contributed by atoms with E-state index in [1.165, 1.54) is 12.8 Å². The van der Waals surface area contributed by atoms with Gasteiger partial charge in [-0.15, -0.1) is 0 Å². The van der Waals surface area contributed by atoms with Crippen molar-refractivity contribution >= 4 is 17.4 Å². The molecular formula is C23H26N6O2. The van der Waals surface area contributed by atoms with Gasteiger partial charge in [-0.3, -0.25) is 9.48 Å². The number of pyridine rings is 2. The van der Waals surface area contributed by atoms with Crippen LogP contribution in [0.2, 0.25) is 0 Å². The van der Waals surface area contributed by atoms with Gasteiger partial charge in [0, 0.05) is 49.3 Å². The minimum absolute atomic E-state index is 0.241. The molecule has 0 atom stereocenters. The first-order chi connectivity index (χ1) is 15.2. The van der Waals surface area contributed by atoms with E-state index in [1.54, 1.807) is 12.3 Å². The van der Waals surface area contributed by atoms with Gasteiger partial charge in [0.15, 0.2) is 0 Å². The van der Waals surface area contributed by atoms with E-state index in [1.807, 2.05) is 42.2 Å². The molecule has 2 fully saturated rings. The molecule has 4 heterocycles. The summed E-state index contributed by atoms with van der Waals surface area (Å²) in [7, 11) is 0. The van der Waals surface area contributed by atoms with E-state index < -0.39 is 0 Å². The largest absolute Gasteiger partial charge is 0.378 e. The molecule has 160 valence electrons. The van der Waals surface area contributed by atoms with Gasteiger partial charge in [-0.2, -0.15) is 5.10 Å². The second kappa shape index (κ2) is 8.47. The van der Waals surface area contributed by atoms with E-state index >= 15 is 0 Å². The highest BCUT2D eigenvalue weighted by atomic mass is 16.5. The Kier molecular flexibility index (Phi) is 5.38. The number of ether oxygens (including phenoxy) is 1. The van der Waals surface area contributed by atoms with Crippen LogP contribution in [0.5, 0.6) is 0 Å². The SMILES string of the molecule is Cc1cnc(N2CCOCC2)cc1NC(=O)c1cccc(-c2cnn(CC3CC3)c2)n1. The Morgan fingerprint density at radius 1 is 1.23 bits per heavy atom. The Labute approximate surface area is 181 Å². The molecule has 1 saturated carbocycles. The molecule has 1 saturated heterocycles. The van der Waals surface area contributed by atoms with Gasteiger partial charge in [0.05, 0.1) is 25.1 Å². The lowest BCUT2D eigenvalue weighted by Crippen LogP contribution is -2.36. The first-order valence-corrected chi connectivity index (χ1v) is 10.8. The van der Waals surface area contributed by atoms with Gasteiger partial charge in [0.1, 0.15) is 11.5 Å². The zero-order valence-electron chi connectivity index (χ0n) is 17.6. The highest BCUT2D eigenvalue weighted by Crippen LogP contribution is 2.30. The number of hydrogen-bond donors (Lipinski definition) is 1. The van der Waals surface area contributed by atoms with Crippen molar-refractivity contribution in [2.24, 2.45) is 5.92 Å². The van der Waals surface area contributed by atoms with Crippen LogP contribution in [0.4, 0.5) is 11.5 Å². The summed E-state index contributed by atoms with van der Waals surface area (Å²) in [6.45, 7) is 5.84. The molecule has 0 unspecified atom stereocenters. The number of carbonyl (C=O) groups excluding carboxylic acids is 1. The van der Waals surface area contributed by atoms with E-state index in [2.05, 4.69) is 25.3 Å². The number of aromatic nitrogens is 4. The van der Waals surface area contributed by atoms with Crippen molar-refractivity contribution < 1.29 is 9.53 Å². The van der Waals surface area contributed by atoms with Gasteiger partial charge in [0.25, 0.3) is 5.91 Å². The monoisotopic (exact) mass is 418 g/mol. The van der Waals surface area contributed by atoms with Crippen molar-refractivity contribution in [3.05, 3.63) is 54.1 Å². The van der Waals surface area contributed by atoms with Gasteiger partial charge in [-0.05, 0) is 43.4 Å². The molecular weight excluding hydrogens is 392 g/mol. The molecule has 31 heavy (non-hydrogen) atoms. The number of morpholine rings is 1. The molecule has 8 heteroatoms. The van der Waals surface area contributed by atoms with Crippen molar-refractivity contribution in [3.63, 3.8) is 0 Å². The minimum atomic E-state index is -0.241. The summed E-state index contributed by atoms with van der Waals surface area (Å²) in [6.07, 6.45) is 8.17. The Morgan fingerprint density at radius 3 is 2.87 bits per heavy atom.